The fourth-order valence-corrected chi connectivity index (χ4v) is 3.80. The average Bonchev–Trinajstić information content (AvgIpc) is 3.15. The van der Waals surface area contributed by atoms with Gasteiger partial charge >= 0.3 is 0 Å². The number of Topliss-reactive ketones (excluding diaryl/α,β-unsaturated/α-hetero) is 1. The molecule has 0 radical (unpaired) electrons. The number of hydrogen-bond acceptors (Lipinski definition) is 5. The van der Waals surface area contributed by atoms with Gasteiger partial charge < -0.3 is 0 Å². The van der Waals surface area contributed by atoms with Crippen molar-refractivity contribution in [2.24, 2.45) is 0 Å². The van der Waals surface area contributed by atoms with Crippen LogP contribution in [-0.2, 0) is 0 Å². The highest BCUT2D eigenvalue weighted by Gasteiger charge is 2.12. The zero-order valence-corrected chi connectivity index (χ0v) is 14.0. The Morgan fingerprint density at radius 1 is 1.24 bits per heavy atom. The summed E-state index contributed by atoms with van der Waals surface area (Å²) in [6.07, 6.45) is 0. The highest BCUT2D eigenvalue weighted by atomic mass is 79.9. The van der Waals surface area contributed by atoms with Gasteiger partial charge in [0.1, 0.15) is 0 Å². The van der Waals surface area contributed by atoms with E-state index in [0.29, 0.717) is 16.7 Å². The molecule has 3 rings (SSSR count). The predicted molar refractivity (Wildman–Crippen MR) is 88.9 cm³/mol. The molecule has 0 spiro atoms. The van der Waals surface area contributed by atoms with Crippen LogP contribution in [0.1, 0.15) is 9.67 Å². The number of thiophene rings is 1. The summed E-state index contributed by atoms with van der Waals surface area (Å²) in [5.74, 6) is 1.13. The summed E-state index contributed by atoms with van der Waals surface area (Å²) in [6, 6.07) is 13.5. The summed E-state index contributed by atoms with van der Waals surface area (Å²) in [6.45, 7) is 0. The van der Waals surface area contributed by atoms with Gasteiger partial charge in [0, 0.05) is 5.56 Å². The van der Waals surface area contributed by atoms with Crippen LogP contribution in [0, 0.1) is 0 Å². The van der Waals surface area contributed by atoms with Crippen molar-refractivity contribution in [1.82, 2.24) is 15.2 Å². The number of ketones is 1. The first-order valence-electron chi connectivity index (χ1n) is 6.11. The molecule has 0 bridgehead atoms. The maximum atomic E-state index is 12.0. The van der Waals surface area contributed by atoms with Gasteiger partial charge in [0.15, 0.2) is 11.6 Å². The van der Waals surface area contributed by atoms with Gasteiger partial charge in [0.05, 0.1) is 14.4 Å². The van der Waals surface area contributed by atoms with Gasteiger partial charge in [-0.15, -0.1) is 16.4 Å². The number of benzene rings is 1. The van der Waals surface area contributed by atoms with E-state index >= 15 is 0 Å². The molecule has 0 fully saturated rings. The van der Waals surface area contributed by atoms with Crippen molar-refractivity contribution in [3.63, 3.8) is 0 Å². The summed E-state index contributed by atoms with van der Waals surface area (Å²) < 4.78 is 0.958. The van der Waals surface area contributed by atoms with Crippen molar-refractivity contribution in [3.05, 3.63) is 51.1 Å². The van der Waals surface area contributed by atoms with Crippen molar-refractivity contribution in [3.8, 4) is 11.4 Å². The number of carbonyl (C=O) groups excluding carboxylic acids is 1. The minimum Gasteiger partial charge on any atom is -0.292 e. The zero-order valence-electron chi connectivity index (χ0n) is 10.7. The molecule has 0 saturated heterocycles. The fourth-order valence-electron chi connectivity index (χ4n) is 1.70. The lowest BCUT2D eigenvalue weighted by Gasteiger charge is -1.95. The van der Waals surface area contributed by atoms with Crippen molar-refractivity contribution < 1.29 is 4.79 Å². The van der Waals surface area contributed by atoms with Crippen molar-refractivity contribution in [1.29, 1.82) is 0 Å². The molecule has 1 aromatic carbocycles. The first-order valence-corrected chi connectivity index (χ1v) is 8.71. The van der Waals surface area contributed by atoms with E-state index in [1.165, 1.54) is 23.1 Å². The maximum Gasteiger partial charge on any atom is 0.209 e. The van der Waals surface area contributed by atoms with Gasteiger partial charge in [-0.1, -0.05) is 42.1 Å². The number of H-pyrrole nitrogens is 1. The van der Waals surface area contributed by atoms with E-state index in [1.54, 1.807) is 0 Å². The van der Waals surface area contributed by atoms with Crippen LogP contribution in [-0.4, -0.2) is 26.7 Å². The third kappa shape index (κ3) is 3.61. The number of thioether (sulfide) groups is 1. The van der Waals surface area contributed by atoms with E-state index < -0.39 is 0 Å². The second-order valence-corrected chi connectivity index (χ2v) is 7.55. The number of rotatable bonds is 5. The smallest absolute Gasteiger partial charge is 0.209 e. The number of hydrogen-bond donors (Lipinski definition) is 1. The Balaban J connectivity index is 1.64. The van der Waals surface area contributed by atoms with Crippen molar-refractivity contribution >= 4 is 44.8 Å². The molecule has 21 heavy (non-hydrogen) atoms. The van der Waals surface area contributed by atoms with Crippen molar-refractivity contribution in [2.45, 2.75) is 5.16 Å². The quantitative estimate of drug-likeness (QED) is 0.531. The summed E-state index contributed by atoms with van der Waals surface area (Å²) in [7, 11) is 0. The number of aromatic nitrogens is 3. The summed E-state index contributed by atoms with van der Waals surface area (Å²) >= 11 is 6.13. The molecular formula is C14H10BrN3OS2. The van der Waals surface area contributed by atoms with E-state index in [0.717, 1.165) is 14.2 Å². The molecule has 4 nitrogen and oxygen atoms in total. The first kappa shape index (κ1) is 14.5. The molecule has 2 aromatic heterocycles. The lowest BCUT2D eigenvalue weighted by atomic mass is 10.2. The molecule has 1 N–H and O–H groups in total. The molecule has 0 saturated carbocycles. The minimum absolute atomic E-state index is 0.0850. The van der Waals surface area contributed by atoms with Gasteiger partial charge in [-0.2, -0.15) is 0 Å². The van der Waals surface area contributed by atoms with E-state index in [1.807, 2.05) is 42.5 Å². The van der Waals surface area contributed by atoms with E-state index in [-0.39, 0.29) is 5.78 Å². The number of carbonyl (C=O) groups is 1. The maximum absolute atomic E-state index is 12.0. The lowest BCUT2D eigenvalue weighted by molar-refractivity contribution is 0.102. The average molecular weight is 380 g/mol. The topological polar surface area (TPSA) is 58.6 Å². The minimum atomic E-state index is 0.0850. The lowest BCUT2D eigenvalue weighted by Crippen LogP contribution is -1.99. The Morgan fingerprint density at radius 3 is 2.76 bits per heavy atom. The van der Waals surface area contributed by atoms with Crippen molar-refractivity contribution in [2.75, 3.05) is 5.75 Å². The van der Waals surface area contributed by atoms with Crippen LogP contribution in [0.25, 0.3) is 11.4 Å². The van der Waals surface area contributed by atoms with E-state index in [4.69, 9.17) is 0 Å². The summed E-state index contributed by atoms with van der Waals surface area (Å²) in [4.78, 5) is 17.1. The fraction of sp³-hybridized carbons (Fsp3) is 0.0714. The summed E-state index contributed by atoms with van der Waals surface area (Å²) in [5.41, 5.74) is 0.977. The largest absolute Gasteiger partial charge is 0.292 e. The van der Waals surface area contributed by atoms with E-state index in [9.17, 15) is 4.79 Å². The molecule has 0 aliphatic heterocycles. The first-order chi connectivity index (χ1) is 10.2. The summed E-state index contributed by atoms with van der Waals surface area (Å²) in [5, 5.41) is 7.61. The Kier molecular flexibility index (Phi) is 4.52. The molecule has 0 aliphatic carbocycles. The molecule has 0 aliphatic rings. The zero-order chi connectivity index (χ0) is 14.7. The highest BCUT2D eigenvalue weighted by Crippen LogP contribution is 2.25. The number of aromatic amines is 1. The molecule has 2 heterocycles. The molecular weight excluding hydrogens is 370 g/mol. The predicted octanol–water partition coefficient (Wildman–Crippen LogP) is 4.27. The van der Waals surface area contributed by atoms with Crippen LogP contribution >= 0.6 is 39.0 Å². The monoisotopic (exact) mass is 379 g/mol. The van der Waals surface area contributed by atoms with Gasteiger partial charge in [-0.05, 0) is 28.1 Å². The molecule has 0 amide bonds. The van der Waals surface area contributed by atoms with Crippen LogP contribution in [0.3, 0.4) is 0 Å². The van der Waals surface area contributed by atoms with Crippen LogP contribution in [0.2, 0.25) is 0 Å². The van der Waals surface area contributed by atoms with Gasteiger partial charge in [-0.25, -0.2) is 4.98 Å². The highest BCUT2D eigenvalue weighted by molar-refractivity contribution is 9.11. The second-order valence-electron chi connectivity index (χ2n) is 4.15. The van der Waals surface area contributed by atoms with Gasteiger partial charge in [0.25, 0.3) is 0 Å². The second kappa shape index (κ2) is 6.55. The van der Waals surface area contributed by atoms with Gasteiger partial charge in [0.2, 0.25) is 5.16 Å². The van der Waals surface area contributed by atoms with Crippen LogP contribution in [0.15, 0.2) is 51.4 Å². The molecule has 0 atom stereocenters. The normalized spacial score (nSPS) is 10.7. The third-order valence-electron chi connectivity index (χ3n) is 2.69. The number of halogens is 1. The number of nitrogens with zero attached hydrogens (tertiary/aromatic N) is 2. The van der Waals surface area contributed by atoms with Gasteiger partial charge in [-0.3, -0.25) is 9.89 Å². The third-order valence-corrected chi connectivity index (χ3v) is 5.20. The Morgan fingerprint density at radius 2 is 2.05 bits per heavy atom. The van der Waals surface area contributed by atoms with E-state index in [2.05, 4.69) is 31.1 Å². The Hall–Kier alpha value is -1.44. The number of nitrogens with one attached hydrogen (secondary N) is 1. The molecule has 106 valence electrons. The molecule has 7 heteroatoms. The van der Waals surface area contributed by atoms with Crippen LogP contribution < -0.4 is 0 Å². The standard InChI is InChI=1S/C14H10BrN3OS2/c15-12-7-6-11(21-12)10(19)8-20-14-16-13(17-18-14)9-4-2-1-3-5-9/h1-7H,8H2,(H,16,17,18). The SMILES string of the molecule is O=C(CSc1n[nH]c(-c2ccccc2)n1)c1ccc(Br)s1. The molecule has 0 unspecified atom stereocenters. The van der Waals surface area contributed by atoms with Crippen LogP contribution in [0.4, 0.5) is 0 Å². The molecule has 3 aromatic rings. The Bertz CT molecular complexity index is 754. The van der Waals surface area contributed by atoms with Crippen LogP contribution in [0.5, 0.6) is 0 Å². The Labute approximate surface area is 138 Å².